The van der Waals surface area contributed by atoms with E-state index < -0.39 is 0 Å². The maximum atomic E-state index is 6.63. The molecule has 2 heterocycles. The molecule has 0 unspecified atom stereocenters. The summed E-state index contributed by atoms with van der Waals surface area (Å²) in [6, 6.07) is 77.0. The van der Waals surface area contributed by atoms with Crippen LogP contribution in [-0.2, 0) is 0 Å². The van der Waals surface area contributed by atoms with Gasteiger partial charge in [0.1, 0.15) is 16.7 Å². The van der Waals surface area contributed by atoms with Crippen molar-refractivity contribution in [3.8, 4) is 44.8 Å². The van der Waals surface area contributed by atoms with Gasteiger partial charge in [0.15, 0.2) is 5.58 Å². The van der Waals surface area contributed by atoms with Crippen LogP contribution in [0.1, 0.15) is 0 Å². The minimum atomic E-state index is 0.579. The Bertz CT molecular complexity index is 3570. The monoisotopic (exact) mass is 780 g/mol. The van der Waals surface area contributed by atoms with E-state index in [9.17, 15) is 0 Å². The standard InChI is InChI=1S/C57H36N2O2/c1-3-14-37(15-4-1)41-19-13-20-45(34-41)59(43-30-26-38(27-31-43)50-35-42-18-7-8-21-46(42)47-22-9-10-23-48(47)50)44-32-28-39(29-33-44)54-55-51(49-24-11-12-25-53(49)60-55)36-52-56(54)61-57(58-52)40-16-5-2-6-17-40/h1-36H. The number of rotatable bonds is 7. The highest BCUT2D eigenvalue weighted by Gasteiger charge is 2.22. The van der Waals surface area contributed by atoms with Crippen molar-refractivity contribution in [2.45, 2.75) is 0 Å². The molecule has 4 nitrogen and oxygen atoms in total. The summed E-state index contributed by atoms with van der Waals surface area (Å²) in [4.78, 5) is 7.34. The van der Waals surface area contributed by atoms with Crippen molar-refractivity contribution < 1.29 is 8.83 Å². The Labute approximate surface area is 352 Å². The van der Waals surface area contributed by atoms with Crippen LogP contribution in [0.5, 0.6) is 0 Å². The Morgan fingerprint density at radius 1 is 0.344 bits per heavy atom. The number of fused-ring (bicyclic) bond motifs is 7. The van der Waals surface area contributed by atoms with Crippen molar-refractivity contribution >= 4 is 71.6 Å². The van der Waals surface area contributed by atoms with Crippen molar-refractivity contribution in [3.05, 3.63) is 218 Å². The first kappa shape index (κ1) is 34.8. The predicted octanol–water partition coefficient (Wildman–Crippen LogP) is 16.2. The van der Waals surface area contributed by atoms with Gasteiger partial charge in [-0.2, -0.15) is 0 Å². The lowest BCUT2D eigenvalue weighted by molar-refractivity contribution is 0.619. The van der Waals surface area contributed by atoms with E-state index >= 15 is 0 Å². The van der Waals surface area contributed by atoms with Crippen molar-refractivity contribution in [1.29, 1.82) is 0 Å². The molecule has 0 radical (unpaired) electrons. The number of hydrogen-bond acceptors (Lipinski definition) is 4. The first-order valence-corrected chi connectivity index (χ1v) is 20.6. The van der Waals surface area contributed by atoms with Crippen LogP contribution in [0.25, 0.3) is 99.4 Å². The number of para-hydroxylation sites is 1. The van der Waals surface area contributed by atoms with Gasteiger partial charge < -0.3 is 13.7 Å². The van der Waals surface area contributed by atoms with Gasteiger partial charge in [0.25, 0.3) is 0 Å². The van der Waals surface area contributed by atoms with Gasteiger partial charge in [-0.25, -0.2) is 4.98 Å². The van der Waals surface area contributed by atoms with E-state index in [4.69, 9.17) is 13.8 Å². The van der Waals surface area contributed by atoms with Crippen LogP contribution in [0, 0.1) is 0 Å². The summed E-state index contributed by atoms with van der Waals surface area (Å²) in [6.45, 7) is 0. The lowest BCUT2D eigenvalue weighted by Crippen LogP contribution is -2.10. The maximum Gasteiger partial charge on any atom is 0.227 e. The smallest absolute Gasteiger partial charge is 0.227 e. The van der Waals surface area contributed by atoms with Crippen LogP contribution in [0.3, 0.4) is 0 Å². The molecule has 10 aromatic carbocycles. The normalized spacial score (nSPS) is 11.6. The number of nitrogens with zero attached hydrogens (tertiary/aromatic N) is 2. The summed E-state index contributed by atoms with van der Waals surface area (Å²) in [5, 5.41) is 7.06. The fraction of sp³-hybridized carbons (Fsp3) is 0. The third-order valence-electron chi connectivity index (χ3n) is 11.9. The molecule has 0 N–H and O–H groups in total. The molecule has 0 aliphatic heterocycles. The van der Waals surface area contributed by atoms with E-state index in [-0.39, 0.29) is 0 Å². The fourth-order valence-corrected chi connectivity index (χ4v) is 8.97. The third kappa shape index (κ3) is 5.96. The molecule has 12 rings (SSSR count). The number of hydrogen-bond donors (Lipinski definition) is 0. The zero-order valence-corrected chi connectivity index (χ0v) is 33.0. The summed E-state index contributed by atoms with van der Waals surface area (Å²) in [6.07, 6.45) is 0. The SMILES string of the molecule is c1ccc(-c2cccc(N(c3ccc(-c4cc5ccccc5c5ccccc45)cc3)c3ccc(-c4c5oc(-c6ccccc6)nc5cc5c4oc4ccccc45)cc3)c2)cc1. The summed E-state index contributed by atoms with van der Waals surface area (Å²) in [5.74, 6) is 0.579. The molecule has 0 amide bonds. The van der Waals surface area contributed by atoms with E-state index in [2.05, 4.69) is 175 Å². The molecular formula is C57H36N2O2. The van der Waals surface area contributed by atoms with Crippen LogP contribution < -0.4 is 4.90 Å². The van der Waals surface area contributed by atoms with Crippen LogP contribution in [0.4, 0.5) is 17.1 Å². The topological polar surface area (TPSA) is 42.4 Å². The van der Waals surface area contributed by atoms with E-state index in [1.54, 1.807) is 0 Å². The molecule has 4 heteroatoms. The van der Waals surface area contributed by atoms with Crippen molar-refractivity contribution in [3.63, 3.8) is 0 Å². The van der Waals surface area contributed by atoms with Gasteiger partial charge in [0.2, 0.25) is 5.89 Å². The van der Waals surface area contributed by atoms with Gasteiger partial charge in [0, 0.05) is 33.4 Å². The molecule has 0 bridgehead atoms. The zero-order chi connectivity index (χ0) is 40.3. The van der Waals surface area contributed by atoms with Crippen molar-refractivity contribution in [2.24, 2.45) is 0 Å². The Morgan fingerprint density at radius 2 is 0.951 bits per heavy atom. The molecule has 0 atom stereocenters. The Morgan fingerprint density at radius 3 is 1.70 bits per heavy atom. The van der Waals surface area contributed by atoms with Crippen molar-refractivity contribution in [1.82, 2.24) is 4.98 Å². The molecular weight excluding hydrogens is 745 g/mol. The van der Waals surface area contributed by atoms with Crippen LogP contribution in [0.2, 0.25) is 0 Å². The van der Waals surface area contributed by atoms with E-state index in [0.29, 0.717) is 11.5 Å². The molecule has 2 aromatic heterocycles. The number of benzene rings is 10. The average Bonchev–Trinajstić information content (AvgIpc) is 3.93. The minimum Gasteiger partial charge on any atom is -0.455 e. The molecule has 0 spiro atoms. The lowest BCUT2D eigenvalue weighted by atomic mass is 9.93. The zero-order valence-electron chi connectivity index (χ0n) is 33.0. The number of furan rings is 1. The summed E-state index contributed by atoms with van der Waals surface area (Å²) < 4.78 is 13.3. The van der Waals surface area contributed by atoms with E-state index in [0.717, 1.165) is 66.8 Å². The number of aromatic nitrogens is 1. The van der Waals surface area contributed by atoms with Crippen LogP contribution in [-0.4, -0.2) is 4.98 Å². The second kappa shape index (κ2) is 14.3. The van der Waals surface area contributed by atoms with Gasteiger partial charge >= 0.3 is 0 Å². The van der Waals surface area contributed by atoms with Gasteiger partial charge in [-0.15, -0.1) is 0 Å². The van der Waals surface area contributed by atoms with Gasteiger partial charge in [-0.05, 0) is 116 Å². The molecule has 12 aromatic rings. The highest BCUT2D eigenvalue weighted by molar-refractivity contribution is 6.17. The Hall–Kier alpha value is -8.21. The molecule has 0 fully saturated rings. The quantitative estimate of drug-likeness (QED) is 0.151. The molecule has 61 heavy (non-hydrogen) atoms. The molecule has 0 saturated carbocycles. The number of anilines is 3. The van der Waals surface area contributed by atoms with E-state index in [1.165, 1.54) is 38.2 Å². The maximum absolute atomic E-state index is 6.63. The van der Waals surface area contributed by atoms with E-state index in [1.807, 2.05) is 48.5 Å². The van der Waals surface area contributed by atoms with Crippen LogP contribution >= 0.6 is 0 Å². The highest BCUT2D eigenvalue weighted by Crippen LogP contribution is 2.45. The van der Waals surface area contributed by atoms with Gasteiger partial charge in [-0.3, -0.25) is 0 Å². The molecule has 0 aliphatic rings. The van der Waals surface area contributed by atoms with Crippen molar-refractivity contribution in [2.75, 3.05) is 4.90 Å². The van der Waals surface area contributed by atoms with Crippen LogP contribution in [0.15, 0.2) is 227 Å². The van der Waals surface area contributed by atoms with Gasteiger partial charge in [-0.1, -0.05) is 152 Å². The summed E-state index contributed by atoms with van der Waals surface area (Å²) in [5.41, 5.74) is 13.7. The molecule has 0 saturated heterocycles. The summed E-state index contributed by atoms with van der Waals surface area (Å²) in [7, 11) is 0. The first-order valence-electron chi connectivity index (χ1n) is 20.6. The average molecular weight is 781 g/mol. The molecule has 286 valence electrons. The number of oxazole rings is 1. The fourth-order valence-electron chi connectivity index (χ4n) is 8.97. The largest absolute Gasteiger partial charge is 0.455 e. The Kier molecular flexibility index (Phi) is 8.13. The molecule has 0 aliphatic carbocycles. The third-order valence-corrected chi connectivity index (χ3v) is 11.9. The summed E-state index contributed by atoms with van der Waals surface area (Å²) >= 11 is 0. The second-order valence-electron chi connectivity index (χ2n) is 15.5. The Balaban J connectivity index is 1.01. The predicted molar refractivity (Wildman–Crippen MR) is 253 cm³/mol. The highest BCUT2D eigenvalue weighted by atomic mass is 16.4. The minimum absolute atomic E-state index is 0.579. The van der Waals surface area contributed by atoms with Gasteiger partial charge in [0.05, 0.1) is 5.56 Å². The lowest BCUT2D eigenvalue weighted by Gasteiger charge is -2.26. The second-order valence-corrected chi connectivity index (χ2v) is 15.5. The first-order chi connectivity index (χ1) is 30.2.